The molecule has 0 bridgehead atoms. The second kappa shape index (κ2) is 12.6. The lowest BCUT2D eigenvalue weighted by Crippen LogP contribution is -2.52. The Morgan fingerprint density at radius 1 is 0.653 bits per heavy atom. The van der Waals surface area contributed by atoms with Crippen molar-refractivity contribution in [3.05, 3.63) is 177 Å². The third-order valence-electron chi connectivity index (χ3n) is 11.7. The van der Waals surface area contributed by atoms with E-state index in [0.717, 1.165) is 6.42 Å². The van der Waals surface area contributed by atoms with Crippen LogP contribution in [-0.2, 0) is 5.54 Å². The highest BCUT2D eigenvalue weighted by Gasteiger charge is 2.49. The van der Waals surface area contributed by atoms with Crippen LogP contribution in [0.3, 0.4) is 0 Å². The van der Waals surface area contributed by atoms with Crippen molar-refractivity contribution in [2.75, 3.05) is 9.80 Å². The van der Waals surface area contributed by atoms with Gasteiger partial charge >= 0.3 is 0 Å². The zero-order valence-electron chi connectivity index (χ0n) is 30.7. The van der Waals surface area contributed by atoms with E-state index in [2.05, 4.69) is 187 Å². The van der Waals surface area contributed by atoms with Crippen molar-refractivity contribution in [1.82, 2.24) is 0 Å². The molecule has 0 N–H and O–H groups in total. The second-order valence-corrected chi connectivity index (χ2v) is 14.8. The zero-order valence-corrected chi connectivity index (χ0v) is 30.7. The summed E-state index contributed by atoms with van der Waals surface area (Å²) < 4.78 is 0. The number of anilines is 3. The van der Waals surface area contributed by atoms with Gasteiger partial charge in [-0.25, -0.2) is 0 Å². The van der Waals surface area contributed by atoms with Gasteiger partial charge in [0.15, 0.2) is 0 Å². The molecule has 4 aromatic carbocycles. The Morgan fingerprint density at radius 2 is 1.22 bits per heavy atom. The summed E-state index contributed by atoms with van der Waals surface area (Å²) in [5.74, 6) is 0.624. The van der Waals surface area contributed by atoms with Gasteiger partial charge in [0.05, 0.1) is 11.2 Å². The minimum atomic E-state index is -0.417. The van der Waals surface area contributed by atoms with Crippen LogP contribution in [0, 0.1) is 53.4 Å². The molecular formula is C47H50N2. The molecule has 0 heterocycles. The summed E-state index contributed by atoms with van der Waals surface area (Å²) in [6.07, 6.45) is 15.3. The molecule has 2 nitrogen and oxygen atoms in total. The summed E-state index contributed by atoms with van der Waals surface area (Å²) in [4.78, 5) is 5.18. The van der Waals surface area contributed by atoms with Gasteiger partial charge in [-0.3, -0.25) is 0 Å². The maximum atomic E-state index is 2.66. The molecule has 0 fully saturated rings. The van der Waals surface area contributed by atoms with Gasteiger partial charge in [-0.2, -0.15) is 0 Å². The largest absolute Gasteiger partial charge is 0.331 e. The molecule has 0 aliphatic heterocycles. The van der Waals surface area contributed by atoms with E-state index in [1.807, 2.05) is 0 Å². The number of benzene rings is 4. The number of nitrogens with zero attached hydrogens (tertiary/aromatic N) is 2. The van der Waals surface area contributed by atoms with Gasteiger partial charge in [-0.1, -0.05) is 85.3 Å². The van der Waals surface area contributed by atoms with Crippen LogP contribution in [0.15, 0.2) is 132 Å². The Kier molecular flexibility index (Phi) is 8.39. The molecule has 248 valence electrons. The van der Waals surface area contributed by atoms with Crippen molar-refractivity contribution in [3.8, 4) is 0 Å². The summed E-state index contributed by atoms with van der Waals surface area (Å²) in [6, 6.07) is 30.0. The van der Waals surface area contributed by atoms with E-state index in [4.69, 9.17) is 0 Å². The van der Waals surface area contributed by atoms with E-state index in [0.29, 0.717) is 5.92 Å². The monoisotopic (exact) mass is 642 g/mol. The summed E-state index contributed by atoms with van der Waals surface area (Å²) in [6.45, 7) is 20.4. The average molecular weight is 643 g/mol. The first kappa shape index (κ1) is 32.7. The molecule has 0 saturated carbocycles. The fourth-order valence-corrected chi connectivity index (χ4v) is 7.98. The lowest BCUT2D eigenvalue weighted by Gasteiger charge is -2.53. The molecule has 49 heavy (non-hydrogen) atoms. The Labute approximate surface area is 294 Å². The van der Waals surface area contributed by atoms with Crippen LogP contribution in [0.5, 0.6) is 0 Å². The number of hydrogen-bond acceptors (Lipinski definition) is 2. The topological polar surface area (TPSA) is 6.48 Å². The number of allylic oxidation sites excluding steroid dienone is 6. The van der Waals surface area contributed by atoms with Gasteiger partial charge in [0.1, 0.15) is 0 Å². The van der Waals surface area contributed by atoms with E-state index in [1.165, 1.54) is 84.1 Å². The molecule has 0 spiro atoms. The molecular weight excluding hydrogens is 593 g/mol. The second-order valence-electron chi connectivity index (χ2n) is 14.8. The van der Waals surface area contributed by atoms with Crippen LogP contribution in [-0.4, -0.2) is 0 Å². The Morgan fingerprint density at radius 3 is 1.82 bits per heavy atom. The average Bonchev–Trinajstić information content (AvgIpc) is 3.09. The first-order chi connectivity index (χ1) is 23.5. The van der Waals surface area contributed by atoms with Crippen molar-refractivity contribution in [2.45, 2.75) is 74.3 Å². The summed E-state index contributed by atoms with van der Waals surface area (Å²) in [5, 5.41) is 0. The molecule has 0 saturated heterocycles. The highest BCUT2D eigenvalue weighted by molar-refractivity contribution is 5.94. The van der Waals surface area contributed by atoms with Crippen LogP contribution < -0.4 is 9.80 Å². The predicted molar refractivity (Wildman–Crippen MR) is 210 cm³/mol. The highest BCUT2D eigenvalue weighted by Crippen LogP contribution is 2.56. The van der Waals surface area contributed by atoms with E-state index in [9.17, 15) is 0 Å². The van der Waals surface area contributed by atoms with Crippen LogP contribution in [0.4, 0.5) is 17.1 Å². The first-order valence-electron chi connectivity index (χ1n) is 17.9. The lowest BCUT2D eigenvalue weighted by molar-refractivity contribution is 0.381. The fraction of sp³-hybridized carbons (Fsp3) is 0.277. The van der Waals surface area contributed by atoms with Gasteiger partial charge in [-0.05, 0) is 155 Å². The van der Waals surface area contributed by atoms with Gasteiger partial charge in [0.25, 0.3) is 0 Å². The number of aryl methyl sites for hydroxylation is 6. The molecule has 0 radical (unpaired) electrons. The van der Waals surface area contributed by atoms with E-state index in [1.54, 1.807) is 0 Å². The number of hydrogen-bond donors (Lipinski definition) is 0. The van der Waals surface area contributed by atoms with Crippen molar-refractivity contribution in [1.29, 1.82) is 0 Å². The lowest BCUT2D eigenvalue weighted by atomic mass is 9.65. The van der Waals surface area contributed by atoms with Gasteiger partial charge in [-0.15, -0.1) is 0 Å². The fourth-order valence-electron chi connectivity index (χ4n) is 7.98. The van der Waals surface area contributed by atoms with Crippen molar-refractivity contribution in [3.63, 3.8) is 0 Å². The molecule has 0 amide bonds. The number of fused-ring (bicyclic) bond motifs is 2. The molecule has 4 aromatic rings. The maximum Gasteiger partial charge on any atom is 0.0784 e. The van der Waals surface area contributed by atoms with Crippen LogP contribution >= 0.6 is 0 Å². The zero-order chi connectivity index (χ0) is 34.6. The van der Waals surface area contributed by atoms with E-state index < -0.39 is 5.54 Å². The van der Waals surface area contributed by atoms with Crippen molar-refractivity contribution >= 4 is 22.8 Å². The third-order valence-corrected chi connectivity index (χ3v) is 11.7. The van der Waals surface area contributed by atoms with E-state index in [-0.39, 0.29) is 5.92 Å². The predicted octanol–water partition coefficient (Wildman–Crippen LogP) is 12.4. The maximum absolute atomic E-state index is 2.66. The molecule has 3 aliphatic rings. The number of rotatable bonds is 6. The Bertz CT molecular complexity index is 2070. The molecule has 3 atom stereocenters. The molecule has 2 heteroatoms. The highest BCUT2D eigenvalue weighted by atomic mass is 15.2. The van der Waals surface area contributed by atoms with Gasteiger partial charge < -0.3 is 9.80 Å². The van der Waals surface area contributed by atoms with Crippen LogP contribution in [0.25, 0.3) is 5.70 Å². The summed E-state index contributed by atoms with van der Waals surface area (Å²) >= 11 is 0. The van der Waals surface area contributed by atoms with Crippen molar-refractivity contribution < 1.29 is 0 Å². The molecule has 0 aromatic heterocycles. The van der Waals surface area contributed by atoms with Crippen molar-refractivity contribution in [2.24, 2.45) is 11.8 Å². The van der Waals surface area contributed by atoms with Crippen LogP contribution in [0.2, 0.25) is 0 Å². The van der Waals surface area contributed by atoms with Crippen LogP contribution in [0.1, 0.15) is 71.7 Å². The Balaban J connectivity index is 1.54. The third kappa shape index (κ3) is 5.52. The first-order valence-corrected chi connectivity index (χ1v) is 17.9. The summed E-state index contributed by atoms with van der Waals surface area (Å²) in [5.41, 5.74) is 18.9. The molecule has 3 aliphatic carbocycles. The normalized spacial score (nSPS) is 21.2. The van der Waals surface area contributed by atoms with Gasteiger partial charge in [0.2, 0.25) is 0 Å². The Hall–Kier alpha value is -4.82. The molecule has 7 rings (SSSR count). The van der Waals surface area contributed by atoms with E-state index >= 15 is 0 Å². The smallest absolute Gasteiger partial charge is 0.0784 e. The van der Waals surface area contributed by atoms with Gasteiger partial charge in [0, 0.05) is 34.2 Å². The summed E-state index contributed by atoms with van der Waals surface area (Å²) in [7, 11) is 0. The standard InChI is InChI=1S/C47H50N2/c1-30-18-22-38(26-34(30)5)48(39-23-19-31(2)35(6)27-39)46-42-14-10-12-16-44(42)47(9,45-17-13-11-15-43(45)46)49(40-24-20-32(3)36(7)28-40)41-25-21-33(4)37(8)29-41/h10-20,22-29,33,44H,21H2,1-9H3. The molecule has 3 unspecified atom stereocenters. The minimum absolute atomic E-state index is 0.0820. The SMILES string of the molecule is CC1=CC(N(c2ccc(C)c(C)c2)C2(C)c3ccccc3C(N(c3ccc(C)c(C)c3)c3ccc(C)c(C)c3)=C3C=CC=CC32)=CCC1C. The minimum Gasteiger partial charge on any atom is -0.331 e. The quantitative estimate of drug-likeness (QED) is 0.206.